The highest BCUT2D eigenvalue weighted by Gasteiger charge is 2.30. The second-order valence-electron chi connectivity index (χ2n) is 26.5. The smallest absolute Gasteiger partial charge is 0.462 e. The van der Waals surface area contributed by atoms with E-state index in [0.717, 1.165) is 231 Å². The van der Waals surface area contributed by atoms with E-state index < -0.39 is 97.5 Å². The van der Waals surface area contributed by atoms with Gasteiger partial charge in [-0.25, -0.2) is 9.13 Å². The number of esters is 4. The maximum absolute atomic E-state index is 13.1. The van der Waals surface area contributed by atoms with Crippen LogP contribution < -0.4 is 0 Å². The van der Waals surface area contributed by atoms with Crippen molar-refractivity contribution < 1.29 is 80.2 Å². The summed E-state index contributed by atoms with van der Waals surface area (Å²) in [5, 5.41) is 10.7. The van der Waals surface area contributed by atoms with Crippen molar-refractivity contribution in [3.8, 4) is 0 Å². The van der Waals surface area contributed by atoms with Crippen molar-refractivity contribution in [1.29, 1.82) is 0 Å². The summed E-state index contributed by atoms with van der Waals surface area (Å²) in [7, 11) is -9.99. The maximum atomic E-state index is 13.1. The minimum Gasteiger partial charge on any atom is -0.462 e. The lowest BCUT2D eigenvalue weighted by atomic mass is 10.1. The normalized spacial score (nSPS) is 14.7. The van der Waals surface area contributed by atoms with Crippen molar-refractivity contribution in [3.05, 3.63) is 158 Å². The first-order chi connectivity index (χ1) is 51.7. The molecule has 19 heteroatoms. The zero-order valence-corrected chi connectivity index (χ0v) is 67.8. The third kappa shape index (κ3) is 76.9. The molecule has 0 aromatic heterocycles. The summed E-state index contributed by atoms with van der Waals surface area (Å²) in [5.74, 6) is -2.24. The van der Waals surface area contributed by atoms with Crippen LogP contribution in [0.25, 0.3) is 0 Å². The Morgan fingerprint density at radius 3 is 0.708 bits per heavy atom. The second-order valence-corrected chi connectivity index (χ2v) is 29.4. The summed E-state index contributed by atoms with van der Waals surface area (Å²) < 4.78 is 68.7. The van der Waals surface area contributed by atoms with Gasteiger partial charge in [-0.05, 0) is 161 Å². The van der Waals surface area contributed by atoms with Crippen molar-refractivity contribution in [1.82, 2.24) is 0 Å². The van der Waals surface area contributed by atoms with Gasteiger partial charge < -0.3 is 33.8 Å². The molecule has 0 heterocycles. The Labute approximate surface area is 642 Å². The fourth-order valence-corrected chi connectivity index (χ4v) is 12.0. The van der Waals surface area contributed by atoms with Crippen molar-refractivity contribution >= 4 is 39.5 Å². The first-order valence-corrected chi connectivity index (χ1v) is 43.7. The van der Waals surface area contributed by atoms with Crippen LogP contribution in [0.5, 0.6) is 0 Å². The number of rotatable bonds is 75. The topological polar surface area (TPSA) is 237 Å². The quantitative estimate of drug-likeness (QED) is 0.0169. The van der Waals surface area contributed by atoms with Gasteiger partial charge in [0.05, 0.1) is 26.4 Å². The van der Waals surface area contributed by atoms with Crippen molar-refractivity contribution in [2.24, 2.45) is 0 Å². The summed E-state index contributed by atoms with van der Waals surface area (Å²) in [6.07, 6.45) is 90.7. The average Bonchev–Trinajstić information content (AvgIpc) is 0.902. The largest absolute Gasteiger partial charge is 0.472 e. The van der Waals surface area contributed by atoms with Gasteiger partial charge >= 0.3 is 39.5 Å². The third-order valence-electron chi connectivity index (χ3n) is 16.5. The molecule has 5 unspecified atom stereocenters. The number of aliphatic hydroxyl groups is 1. The Kier molecular flexibility index (Phi) is 73.9. The van der Waals surface area contributed by atoms with Gasteiger partial charge in [-0.15, -0.1) is 0 Å². The number of phosphoric acid groups is 2. The van der Waals surface area contributed by atoms with Crippen LogP contribution in [-0.4, -0.2) is 96.7 Å². The van der Waals surface area contributed by atoms with Gasteiger partial charge in [0, 0.05) is 25.7 Å². The van der Waals surface area contributed by atoms with Gasteiger partial charge in [-0.1, -0.05) is 282 Å². The lowest BCUT2D eigenvalue weighted by Gasteiger charge is -2.21. The second kappa shape index (κ2) is 77.8. The highest BCUT2D eigenvalue weighted by molar-refractivity contribution is 7.47. The molecule has 0 spiro atoms. The monoisotopic (exact) mass is 1520 g/mol. The number of ether oxygens (including phenoxy) is 4. The number of unbranched alkanes of at least 4 members (excludes halogenated alkanes) is 23. The lowest BCUT2D eigenvalue weighted by Crippen LogP contribution is -2.30. The Morgan fingerprint density at radius 1 is 0.264 bits per heavy atom. The van der Waals surface area contributed by atoms with E-state index in [1.165, 1.54) is 0 Å². The SMILES string of the molecule is CC/C=C\C/C=C\C/C=C\C/C=C\CCCCCCCCC(=O)OCC(COP(=O)(O)OCC(O)COP(=O)(O)OCC(COC(=O)CCCCCCC/C=C\C/C=C\C/C=C\CC)OC(=O)CCCCCCC/C=C\C/C=C\C/C=C\CC)OC(=O)CCCCCCCCC/C=C\C/C=C\C/C=C\CC. The number of aliphatic hydroxyl groups excluding tert-OH is 1. The molecule has 0 aromatic rings. The molecule has 0 aliphatic rings. The van der Waals surface area contributed by atoms with E-state index >= 15 is 0 Å². The van der Waals surface area contributed by atoms with Crippen LogP contribution >= 0.6 is 15.6 Å². The van der Waals surface area contributed by atoms with Crippen LogP contribution in [0.1, 0.15) is 310 Å². The predicted molar refractivity (Wildman–Crippen MR) is 436 cm³/mol. The number of hydrogen-bond donors (Lipinski definition) is 3. The first kappa shape index (κ1) is 101. The highest BCUT2D eigenvalue weighted by Crippen LogP contribution is 2.45. The van der Waals surface area contributed by atoms with E-state index in [2.05, 4.69) is 186 Å². The van der Waals surface area contributed by atoms with E-state index in [0.29, 0.717) is 25.7 Å². The Balaban J connectivity index is 5.42. The van der Waals surface area contributed by atoms with E-state index in [1.807, 2.05) is 0 Å². The molecule has 3 N–H and O–H groups in total. The molecule has 5 atom stereocenters. The molecule has 0 fully saturated rings. The summed E-state index contributed by atoms with van der Waals surface area (Å²) in [6.45, 7) is 4.37. The first-order valence-electron chi connectivity index (χ1n) is 40.7. The van der Waals surface area contributed by atoms with Crippen LogP contribution in [-0.2, 0) is 65.4 Å². The molecule has 106 heavy (non-hydrogen) atoms. The van der Waals surface area contributed by atoms with Crippen molar-refractivity contribution in [3.63, 3.8) is 0 Å². The fraction of sp³-hybridized carbons (Fsp3) is 0.655. The van der Waals surface area contributed by atoms with Gasteiger partial charge in [0.2, 0.25) is 0 Å². The van der Waals surface area contributed by atoms with E-state index in [1.54, 1.807) is 0 Å². The summed E-state index contributed by atoms with van der Waals surface area (Å²) in [6, 6.07) is 0. The molecule has 0 rings (SSSR count). The lowest BCUT2D eigenvalue weighted by molar-refractivity contribution is -0.161. The van der Waals surface area contributed by atoms with Gasteiger partial charge in [-0.3, -0.25) is 37.3 Å². The van der Waals surface area contributed by atoms with Crippen molar-refractivity contribution in [2.75, 3.05) is 39.6 Å². The highest BCUT2D eigenvalue weighted by atomic mass is 31.2. The Hall–Kier alpha value is -5.32. The van der Waals surface area contributed by atoms with E-state index in [9.17, 15) is 43.2 Å². The van der Waals surface area contributed by atoms with Crippen LogP contribution in [0.4, 0.5) is 0 Å². The number of hydrogen-bond acceptors (Lipinski definition) is 15. The molecule has 0 aliphatic carbocycles. The van der Waals surface area contributed by atoms with Crippen LogP contribution in [0.15, 0.2) is 158 Å². The minimum absolute atomic E-state index is 0.0669. The molecule has 604 valence electrons. The van der Waals surface area contributed by atoms with Crippen molar-refractivity contribution in [2.45, 2.75) is 329 Å². The molecule has 0 bridgehead atoms. The molecule has 0 amide bonds. The van der Waals surface area contributed by atoms with Crippen LogP contribution in [0.3, 0.4) is 0 Å². The van der Waals surface area contributed by atoms with E-state index in [4.69, 9.17) is 37.0 Å². The molecule has 0 aliphatic heterocycles. The summed E-state index contributed by atoms with van der Waals surface area (Å²) >= 11 is 0. The predicted octanol–water partition coefficient (Wildman–Crippen LogP) is 24.0. The molecule has 0 saturated heterocycles. The van der Waals surface area contributed by atoms with Gasteiger partial charge in [0.25, 0.3) is 0 Å². The maximum Gasteiger partial charge on any atom is 0.472 e. The summed E-state index contributed by atoms with van der Waals surface area (Å²) in [5.41, 5.74) is 0. The van der Waals surface area contributed by atoms with E-state index in [-0.39, 0.29) is 25.7 Å². The standard InChI is InChI=1S/C87H144O17P2/c1-5-9-13-17-21-25-29-33-37-39-40-42-45-48-52-56-60-64-68-72-85(90)98-78-83(104-87(92)74-70-66-62-58-54-50-46-41-38-34-30-26-22-18-14-10-6-2)80-102-106(95,96)100-76-81(88)75-99-105(93,94)101-79-82(103-86(91)73-69-65-61-57-53-49-44-36-32-28-24-20-16-12-8-4)77-97-84(89)71-67-63-59-55-51-47-43-35-31-27-23-19-15-11-7-3/h9-16,21-28,33-38,40,42-44,81-83,88H,5-8,17-20,29-32,39,41,45-80H2,1-4H3,(H,93,94)(H,95,96)/b13-9-,14-10-,15-11-,16-12-,25-21-,26-22-,27-23-,28-24-,37-33-,38-34-,42-40-,43-35-,44-36-. The van der Waals surface area contributed by atoms with Gasteiger partial charge in [-0.2, -0.15) is 0 Å². The molecule has 17 nitrogen and oxygen atoms in total. The zero-order valence-electron chi connectivity index (χ0n) is 66.1. The number of phosphoric ester groups is 2. The minimum atomic E-state index is -4.99. The van der Waals surface area contributed by atoms with Crippen LogP contribution in [0, 0.1) is 0 Å². The Morgan fingerprint density at radius 2 is 0.462 bits per heavy atom. The van der Waals surface area contributed by atoms with Crippen LogP contribution in [0.2, 0.25) is 0 Å². The summed E-state index contributed by atoms with van der Waals surface area (Å²) in [4.78, 5) is 73.1. The molecular weight excluding hydrogens is 1380 g/mol. The number of carbonyl (C=O) groups excluding carboxylic acids is 4. The molecule has 0 radical (unpaired) electrons. The molecular formula is C87H144O17P2. The molecule has 0 saturated carbocycles. The van der Waals surface area contributed by atoms with Gasteiger partial charge in [0.15, 0.2) is 12.2 Å². The number of carbonyl (C=O) groups is 4. The average molecular weight is 1520 g/mol. The Bertz CT molecular complexity index is 2630. The fourth-order valence-electron chi connectivity index (χ4n) is 10.4. The number of allylic oxidation sites excluding steroid dienone is 26. The zero-order chi connectivity index (χ0) is 77.4. The molecule has 0 aromatic carbocycles. The van der Waals surface area contributed by atoms with Gasteiger partial charge in [0.1, 0.15) is 19.3 Å². The third-order valence-corrected chi connectivity index (χ3v) is 18.4.